The van der Waals surface area contributed by atoms with Crippen molar-refractivity contribution in [2.45, 2.75) is 45.3 Å². The summed E-state index contributed by atoms with van der Waals surface area (Å²) in [6, 6.07) is 14.8. The smallest absolute Gasteiger partial charge is 0.255 e. The molecule has 35 heavy (non-hydrogen) atoms. The second-order valence-electron chi connectivity index (χ2n) is 7.96. The third-order valence-corrected chi connectivity index (χ3v) is 6.50. The first kappa shape index (κ1) is 24.7. The van der Waals surface area contributed by atoms with Gasteiger partial charge in [-0.3, -0.25) is 4.79 Å². The SMILES string of the molecule is CCCSc1nc2n(n1)C(c1ccc(OCC)cc1)C(C(=O)Nc1ccccc1OCC)=C(C)N2. The molecule has 1 unspecified atom stereocenters. The highest BCUT2D eigenvalue weighted by Gasteiger charge is 2.34. The molecular formula is C26H31N5O3S. The van der Waals surface area contributed by atoms with Crippen molar-refractivity contribution in [1.29, 1.82) is 0 Å². The van der Waals surface area contributed by atoms with E-state index in [1.807, 2.05) is 69.3 Å². The molecule has 1 amide bonds. The van der Waals surface area contributed by atoms with Crippen LogP contribution in [-0.2, 0) is 4.79 Å². The van der Waals surface area contributed by atoms with Gasteiger partial charge in [0.25, 0.3) is 5.91 Å². The maximum absolute atomic E-state index is 13.7. The first-order valence-electron chi connectivity index (χ1n) is 11.9. The van der Waals surface area contributed by atoms with Gasteiger partial charge >= 0.3 is 0 Å². The molecule has 0 fully saturated rings. The number of hydrogen-bond donors (Lipinski definition) is 2. The van der Waals surface area contributed by atoms with Gasteiger partial charge in [0, 0.05) is 11.4 Å². The Morgan fingerprint density at radius 3 is 2.54 bits per heavy atom. The van der Waals surface area contributed by atoms with Gasteiger partial charge in [0.1, 0.15) is 17.5 Å². The number of amides is 1. The Hall–Kier alpha value is -3.46. The first-order chi connectivity index (χ1) is 17.0. The van der Waals surface area contributed by atoms with Gasteiger partial charge in [0.2, 0.25) is 11.1 Å². The average Bonchev–Trinajstić information content (AvgIpc) is 3.26. The number of rotatable bonds is 10. The lowest BCUT2D eigenvalue weighted by Gasteiger charge is -2.29. The Balaban J connectivity index is 1.73. The van der Waals surface area contributed by atoms with Crippen molar-refractivity contribution in [1.82, 2.24) is 14.8 Å². The van der Waals surface area contributed by atoms with Crippen molar-refractivity contribution in [2.24, 2.45) is 0 Å². The van der Waals surface area contributed by atoms with Crippen LogP contribution < -0.4 is 20.1 Å². The third-order valence-electron chi connectivity index (χ3n) is 5.46. The minimum absolute atomic E-state index is 0.232. The molecule has 1 aliphatic heterocycles. The number of fused-ring (bicyclic) bond motifs is 1. The standard InChI is InChI=1S/C26H31N5O3S/c1-5-16-35-26-29-25-27-17(4)22(24(32)28-20-10-8-9-11-21(20)34-7-3)23(31(25)30-26)18-12-14-19(15-13-18)33-6-2/h8-15,23H,5-7,16H2,1-4H3,(H,28,32)(H,27,29,30). The Labute approximate surface area is 210 Å². The Morgan fingerprint density at radius 2 is 1.83 bits per heavy atom. The fraction of sp³-hybridized carbons (Fsp3) is 0.346. The lowest BCUT2D eigenvalue weighted by atomic mass is 9.95. The molecule has 2 N–H and O–H groups in total. The van der Waals surface area contributed by atoms with Crippen LogP contribution in [0.1, 0.15) is 45.7 Å². The minimum Gasteiger partial charge on any atom is -0.494 e. The van der Waals surface area contributed by atoms with E-state index in [1.165, 1.54) is 0 Å². The molecule has 0 spiro atoms. The molecule has 2 heterocycles. The van der Waals surface area contributed by atoms with Gasteiger partial charge in [-0.15, -0.1) is 5.10 Å². The highest BCUT2D eigenvalue weighted by atomic mass is 32.2. The number of allylic oxidation sites excluding steroid dienone is 1. The van der Waals surface area contributed by atoms with Gasteiger partial charge in [0.05, 0.1) is 24.5 Å². The third kappa shape index (κ3) is 5.45. The van der Waals surface area contributed by atoms with E-state index in [9.17, 15) is 4.79 Å². The predicted molar refractivity (Wildman–Crippen MR) is 139 cm³/mol. The number of benzene rings is 2. The molecule has 0 saturated heterocycles. The summed E-state index contributed by atoms with van der Waals surface area (Å²) in [4.78, 5) is 18.4. The molecule has 0 bridgehead atoms. The summed E-state index contributed by atoms with van der Waals surface area (Å²) < 4.78 is 13.1. The summed E-state index contributed by atoms with van der Waals surface area (Å²) in [5.41, 5.74) is 2.82. The van der Waals surface area contributed by atoms with Gasteiger partial charge in [0.15, 0.2) is 0 Å². The first-order valence-corrected chi connectivity index (χ1v) is 12.9. The number of ether oxygens (including phenoxy) is 2. The van der Waals surface area contributed by atoms with Crippen LogP contribution >= 0.6 is 11.8 Å². The normalized spacial score (nSPS) is 14.8. The number of para-hydroxylation sites is 2. The number of nitrogens with one attached hydrogen (secondary N) is 2. The van der Waals surface area contributed by atoms with Crippen LogP contribution in [0, 0.1) is 0 Å². The molecule has 2 aromatic carbocycles. The average molecular weight is 494 g/mol. The highest BCUT2D eigenvalue weighted by molar-refractivity contribution is 7.99. The van der Waals surface area contributed by atoms with E-state index in [0.29, 0.717) is 41.3 Å². The van der Waals surface area contributed by atoms with Crippen LogP contribution in [0.2, 0.25) is 0 Å². The quantitative estimate of drug-likeness (QED) is 0.360. The predicted octanol–water partition coefficient (Wildman–Crippen LogP) is 5.51. The molecule has 1 aliphatic rings. The number of hydrogen-bond acceptors (Lipinski definition) is 7. The zero-order valence-electron chi connectivity index (χ0n) is 20.5. The number of carbonyl (C=O) groups is 1. The molecule has 184 valence electrons. The summed E-state index contributed by atoms with van der Waals surface area (Å²) in [5.74, 6) is 2.71. The fourth-order valence-corrected chi connectivity index (χ4v) is 4.63. The van der Waals surface area contributed by atoms with E-state index in [-0.39, 0.29) is 5.91 Å². The van der Waals surface area contributed by atoms with Crippen molar-refractivity contribution < 1.29 is 14.3 Å². The van der Waals surface area contributed by atoms with Gasteiger partial charge in [-0.2, -0.15) is 4.98 Å². The topological polar surface area (TPSA) is 90.3 Å². The zero-order valence-corrected chi connectivity index (χ0v) is 21.3. The zero-order chi connectivity index (χ0) is 24.8. The second-order valence-corrected chi connectivity index (χ2v) is 9.02. The van der Waals surface area contributed by atoms with Crippen LogP contribution in [0.5, 0.6) is 11.5 Å². The molecule has 8 nitrogen and oxygen atoms in total. The summed E-state index contributed by atoms with van der Waals surface area (Å²) in [6.07, 6.45) is 1.02. The molecule has 1 atom stereocenters. The molecule has 1 aromatic heterocycles. The summed E-state index contributed by atoms with van der Waals surface area (Å²) in [5, 5.41) is 11.8. The number of anilines is 2. The molecule has 0 radical (unpaired) electrons. The van der Waals surface area contributed by atoms with Crippen LogP contribution in [-0.4, -0.2) is 39.6 Å². The van der Waals surface area contributed by atoms with Crippen molar-refractivity contribution in [3.8, 4) is 11.5 Å². The molecule has 4 rings (SSSR count). The molecular weight excluding hydrogens is 462 g/mol. The fourth-order valence-electron chi connectivity index (χ4n) is 3.94. The highest BCUT2D eigenvalue weighted by Crippen LogP contribution is 2.38. The Bertz CT molecular complexity index is 1210. The lowest BCUT2D eigenvalue weighted by molar-refractivity contribution is -0.113. The number of thioether (sulfide) groups is 1. The largest absolute Gasteiger partial charge is 0.494 e. The number of carbonyl (C=O) groups excluding carboxylic acids is 1. The van der Waals surface area contributed by atoms with E-state index in [2.05, 4.69) is 22.5 Å². The van der Waals surface area contributed by atoms with Gasteiger partial charge in [-0.25, -0.2) is 4.68 Å². The molecule has 9 heteroatoms. The maximum atomic E-state index is 13.7. The van der Waals surface area contributed by atoms with Gasteiger partial charge < -0.3 is 20.1 Å². The summed E-state index contributed by atoms with van der Waals surface area (Å²) in [7, 11) is 0. The van der Waals surface area contributed by atoms with Crippen molar-refractivity contribution in [3.63, 3.8) is 0 Å². The molecule has 3 aromatic rings. The Morgan fingerprint density at radius 1 is 1.09 bits per heavy atom. The van der Waals surface area contributed by atoms with Crippen molar-refractivity contribution in [3.05, 3.63) is 65.4 Å². The van der Waals surface area contributed by atoms with Gasteiger partial charge in [-0.1, -0.05) is 43.0 Å². The minimum atomic E-state index is -0.454. The van der Waals surface area contributed by atoms with Crippen LogP contribution in [0.3, 0.4) is 0 Å². The summed E-state index contributed by atoms with van der Waals surface area (Å²) in [6.45, 7) is 8.97. The lowest BCUT2D eigenvalue weighted by Crippen LogP contribution is -2.31. The monoisotopic (exact) mass is 493 g/mol. The van der Waals surface area contributed by atoms with Crippen LogP contribution in [0.25, 0.3) is 0 Å². The van der Waals surface area contributed by atoms with Crippen LogP contribution in [0.4, 0.5) is 11.6 Å². The van der Waals surface area contributed by atoms with E-state index >= 15 is 0 Å². The number of aromatic nitrogens is 3. The van der Waals surface area contributed by atoms with E-state index in [4.69, 9.17) is 14.6 Å². The van der Waals surface area contributed by atoms with Crippen molar-refractivity contribution in [2.75, 3.05) is 29.6 Å². The van der Waals surface area contributed by atoms with E-state index in [1.54, 1.807) is 16.4 Å². The van der Waals surface area contributed by atoms with E-state index < -0.39 is 6.04 Å². The van der Waals surface area contributed by atoms with Crippen LogP contribution in [0.15, 0.2) is 65.0 Å². The number of nitrogens with zero attached hydrogens (tertiary/aromatic N) is 3. The van der Waals surface area contributed by atoms with Crippen molar-refractivity contribution >= 4 is 29.3 Å². The molecule has 0 saturated carbocycles. The van der Waals surface area contributed by atoms with Gasteiger partial charge in [-0.05, 0) is 57.0 Å². The maximum Gasteiger partial charge on any atom is 0.255 e. The summed E-state index contributed by atoms with van der Waals surface area (Å²) >= 11 is 1.60. The second kappa shape index (κ2) is 11.3. The Kier molecular flexibility index (Phi) is 7.97. The molecule has 0 aliphatic carbocycles. The van der Waals surface area contributed by atoms with E-state index in [0.717, 1.165) is 29.2 Å².